The van der Waals surface area contributed by atoms with Crippen LogP contribution in [-0.2, 0) is 12.8 Å². The summed E-state index contributed by atoms with van der Waals surface area (Å²) in [6, 6.07) is 8.37. The number of nitro groups is 1. The van der Waals surface area contributed by atoms with Crippen LogP contribution in [0, 0.1) is 21.7 Å². The third-order valence-corrected chi connectivity index (χ3v) is 4.90. The van der Waals surface area contributed by atoms with Gasteiger partial charge in [0.25, 0.3) is 17.5 Å². The number of aromatic nitrogens is 2. The Balaban J connectivity index is 1.54. The molecule has 2 N–H and O–H groups in total. The number of carbonyl (C=O) groups is 2. The first-order valence-electron chi connectivity index (χ1n) is 9.26. The number of nitro benzene ring substituents is 1. The van der Waals surface area contributed by atoms with Gasteiger partial charge in [0.15, 0.2) is 17.3 Å². The van der Waals surface area contributed by atoms with Crippen molar-refractivity contribution in [1.82, 2.24) is 20.6 Å². The van der Waals surface area contributed by atoms with Crippen LogP contribution in [0.5, 0.6) is 0 Å². The van der Waals surface area contributed by atoms with Gasteiger partial charge in [-0.2, -0.15) is 5.10 Å². The molecule has 0 radical (unpaired) electrons. The van der Waals surface area contributed by atoms with Crippen LogP contribution in [-0.4, -0.2) is 26.5 Å². The number of hydrogen-bond donors (Lipinski definition) is 2. The van der Waals surface area contributed by atoms with E-state index in [2.05, 4.69) is 16.0 Å². The summed E-state index contributed by atoms with van der Waals surface area (Å²) in [7, 11) is 0. The molecule has 1 aliphatic carbocycles. The zero-order chi connectivity index (χ0) is 22.1. The van der Waals surface area contributed by atoms with E-state index in [1.807, 2.05) is 0 Å². The zero-order valence-electron chi connectivity index (χ0n) is 15.9. The number of nitrogens with one attached hydrogen (secondary N) is 2. The van der Waals surface area contributed by atoms with E-state index in [0.717, 1.165) is 24.6 Å². The van der Waals surface area contributed by atoms with E-state index < -0.39 is 28.4 Å². The van der Waals surface area contributed by atoms with Crippen LogP contribution in [0.4, 0.5) is 14.5 Å². The molecule has 0 aliphatic heterocycles. The molecule has 1 aliphatic rings. The molecule has 31 heavy (non-hydrogen) atoms. The molecule has 9 nitrogen and oxygen atoms in total. The summed E-state index contributed by atoms with van der Waals surface area (Å²) in [6.45, 7) is 0. The molecule has 0 unspecified atom stereocenters. The van der Waals surface area contributed by atoms with E-state index in [-0.39, 0.29) is 22.6 Å². The van der Waals surface area contributed by atoms with Crippen molar-refractivity contribution in [2.75, 3.05) is 0 Å². The fourth-order valence-corrected chi connectivity index (χ4v) is 3.46. The van der Waals surface area contributed by atoms with Crippen LogP contribution in [0.3, 0.4) is 0 Å². The highest BCUT2D eigenvalue weighted by Gasteiger charge is 2.27. The molecule has 0 saturated heterocycles. The summed E-state index contributed by atoms with van der Waals surface area (Å²) in [4.78, 5) is 35.1. The van der Waals surface area contributed by atoms with Crippen molar-refractivity contribution < 1.29 is 23.3 Å². The summed E-state index contributed by atoms with van der Waals surface area (Å²) < 4.78 is 28.3. The fraction of sp³-hybridized carbons (Fsp3) is 0.150. The Bertz CT molecular complexity index is 1220. The van der Waals surface area contributed by atoms with E-state index in [4.69, 9.17) is 0 Å². The Kier molecular flexibility index (Phi) is 5.15. The normalized spacial score (nSPS) is 12.3. The van der Waals surface area contributed by atoms with Crippen LogP contribution < -0.4 is 10.9 Å². The van der Waals surface area contributed by atoms with Crippen molar-refractivity contribution in [3.63, 3.8) is 0 Å². The highest BCUT2D eigenvalue weighted by Crippen LogP contribution is 2.28. The van der Waals surface area contributed by atoms with Gasteiger partial charge >= 0.3 is 0 Å². The van der Waals surface area contributed by atoms with Gasteiger partial charge in [0.1, 0.15) is 0 Å². The molecule has 2 aromatic carbocycles. The average Bonchev–Trinajstić information content (AvgIpc) is 3.37. The molecule has 0 bridgehead atoms. The molecule has 0 fully saturated rings. The quantitative estimate of drug-likeness (QED) is 0.490. The lowest BCUT2D eigenvalue weighted by Crippen LogP contribution is -2.42. The number of rotatable bonds is 4. The lowest BCUT2D eigenvalue weighted by molar-refractivity contribution is -0.384. The fourth-order valence-electron chi connectivity index (χ4n) is 3.46. The Morgan fingerprint density at radius 3 is 2.55 bits per heavy atom. The van der Waals surface area contributed by atoms with E-state index >= 15 is 0 Å². The van der Waals surface area contributed by atoms with Crippen LogP contribution in [0.2, 0.25) is 0 Å². The minimum absolute atomic E-state index is 0.00737. The van der Waals surface area contributed by atoms with Crippen LogP contribution in [0.1, 0.15) is 38.5 Å². The van der Waals surface area contributed by atoms with Crippen molar-refractivity contribution in [3.8, 4) is 5.69 Å². The highest BCUT2D eigenvalue weighted by atomic mass is 19.2. The maximum absolute atomic E-state index is 13.6. The van der Waals surface area contributed by atoms with Crippen LogP contribution >= 0.6 is 0 Å². The van der Waals surface area contributed by atoms with Gasteiger partial charge in [-0.05, 0) is 37.5 Å². The number of amides is 2. The second kappa shape index (κ2) is 7.94. The van der Waals surface area contributed by atoms with E-state index in [1.54, 1.807) is 0 Å². The van der Waals surface area contributed by atoms with Crippen molar-refractivity contribution in [1.29, 1.82) is 0 Å². The molecule has 0 spiro atoms. The smallest absolute Gasteiger partial charge is 0.267 e. The number of non-ortho nitro benzene ring substituents is 1. The molecule has 11 heteroatoms. The Morgan fingerprint density at radius 2 is 1.81 bits per heavy atom. The first kappa shape index (κ1) is 20.1. The Hall–Kier alpha value is -4.15. The summed E-state index contributed by atoms with van der Waals surface area (Å²) in [5.41, 5.74) is 5.87. The minimum atomic E-state index is -1.03. The molecular weight excluding hydrogens is 412 g/mol. The molecule has 0 saturated carbocycles. The average molecular weight is 427 g/mol. The summed E-state index contributed by atoms with van der Waals surface area (Å²) in [5, 5.41) is 15.1. The van der Waals surface area contributed by atoms with Gasteiger partial charge < -0.3 is 0 Å². The largest absolute Gasteiger partial charge is 0.290 e. The van der Waals surface area contributed by atoms with Crippen molar-refractivity contribution >= 4 is 17.5 Å². The van der Waals surface area contributed by atoms with Crippen molar-refractivity contribution in [2.45, 2.75) is 19.3 Å². The molecule has 1 aromatic heterocycles. The number of hydrazine groups is 1. The first-order valence-corrected chi connectivity index (χ1v) is 9.26. The molecule has 3 aromatic rings. The SMILES string of the molecule is O=C(NNC(=O)c1nn(-c2ccc(F)c(F)c2)c2c1CCC2)c1cccc([N+](=O)[O-])c1. The second-order valence-electron chi connectivity index (χ2n) is 6.85. The van der Waals surface area contributed by atoms with Crippen molar-refractivity contribution in [3.05, 3.63) is 86.7 Å². The molecule has 0 atom stereocenters. The van der Waals surface area contributed by atoms with E-state index in [0.29, 0.717) is 24.1 Å². The maximum atomic E-state index is 13.6. The lowest BCUT2D eigenvalue weighted by atomic mass is 10.2. The molecule has 4 rings (SSSR count). The second-order valence-corrected chi connectivity index (χ2v) is 6.85. The Morgan fingerprint density at radius 1 is 1.03 bits per heavy atom. The van der Waals surface area contributed by atoms with Gasteiger partial charge in [0.05, 0.1) is 10.6 Å². The monoisotopic (exact) mass is 427 g/mol. The molecular formula is C20H15F2N5O4. The van der Waals surface area contributed by atoms with Gasteiger partial charge in [-0.3, -0.25) is 30.6 Å². The minimum Gasteiger partial charge on any atom is -0.267 e. The zero-order valence-corrected chi connectivity index (χ0v) is 15.9. The van der Waals surface area contributed by atoms with Gasteiger partial charge in [-0.1, -0.05) is 6.07 Å². The third kappa shape index (κ3) is 3.84. The summed E-state index contributed by atoms with van der Waals surface area (Å²) >= 11 is 0. The topological polar surface area (TPSA) is 119 Å². The third-order valence-electron chi connectivity index (χ3n) is 4.90. The number of halogens is 2. The lowest BCUT2D eigenvalue weighted by Gasteiger charge is -2.07. The molecule has 1 heterocycles. The predicted octanol–water partition coefficient (Wildman–Crippen LogP) is 2.62. The maximum Gasteiger partial charge on any atom is 0.290 e. The van der Waals surface area contributed by atoms with Gasteiger partial charge in [0.2, 0.25) is 0 Å². The van der Waals surface area contributed by atoms with Crippen LogP contribution in [0.25, 0.3) is 5.69 Å². The molecule has 158 valence electrons. The number of fused-ring (bicyclic) bond motifs is 1. The summed E-state index contributed by atoms with van der Waals surface area (Å²) in [6.07, 6.45) is 1.94. The van der Waals surface area contributed by atoms with Gasteiger partial charge in [-0.25, -0.2) is 13.5 Å². The van der Waals surface area contributed by atoms with Gasteiger partial charge in [0, 0.05) is 35.0 Å². The number of nitrogens with zero attached hydrogens (tertiary/aromatic N) is 3. The number of hydrogen-bond acceptors (Lipinski definition) is 5. The Labute approximate surface area is 173 Å². The number of carbonyl (C=O) groups excluding carboxylic acids is 2. The summed E-state index contributed by atoms with van der Waals surface area (Å²) in [5.74, 6) is -3.46. The predicted molar refractivity (Wildman–Crippen MR) is 104 cm³/mol. The standard InChI is InChI=1S/C20H15F2N5O4/c21-15-8-7-12(10-16(15)22)26-17-6-2-5-14(17)18(25-26)20(29)24-23-19(28)11-3-1-4-13(9-11)27(30)31/h1,3-4,7-10H,2,5-6H2,(H,23,28)(H,24,29). The highest BCUT2D eigenvalue weighted by molar-refractivity contribution is 5.99. The van der Waals surface area contributed by atoms with E-state index in [1.165, 1.54) is 28.9 Å². The van der Waals surface area contributed by atoms with E-state index in [9.17, 15) is 28.5 Å². The van der Waals surface area contributed by atoms with Crippen LogP contribution in [0.15, 0.2) is 42.5 Å². The van der Waals surface area contributed by atoms with Crippen molar-refractivity contribution in [2.24, 2.45) is 0 Å². The van der Waals surface area contributed by atoms with Gasteiger partial charge in [-0.15, -0.1) is 0 Å². The number of benzene rings is 2. The first-order chi connectivity index (χ1) is 14.8. The molecule has 2 amide bonds.